The van der Waals surface area contributed by atoms with Gasteiger partial charge in [0.2, 0.25) is 6.33 Å². The predicted molar refractivity (Wildman–Crippen MR) is 94.0 cm³/mol. The Morgan fingerprint density at radius 1 is 1.00 bits per heavy atom. The van der Waals surface area contributed by atoms with Gasteiger partial charge in [-0.2, -0.15) is 0 Å². The largest absolute Gasteiger partial charge is 0.548 e. The number of aromatic nitrogens is 2. The summed E-state index contributed by atoms with van der Waals surface area (Å²) in [5.74, 6) is 0.705. The van der Waals surface area contributed by atoms with Crippen LogP contribution in [0.3, 0.4) is 0 Å². The van der Waals surface area contributed by atoms with Gasteiger partial charge in [0.05, 0.1) is 6.54 Å². The molecule has 0 aliphatic carbocycles. The summed E-state index contributed by atoms with van der Waals surface area (Å²) in [6.45, 7) is 15.6. The van der Waals surface area contributed by atoms with Crippen LogP contribution >= 0.6 is 0 Å². The second-order valence-electron chi connectivity index (χ2n) is 6.11. The summed E-state index contributed by atoms with van der Waals surface area (Å²) < 4.78 is 22.7. The second-order valence-corrected chi connectivity index (χ2v) is 8.85. The van der Waals surface area contributed by atoms with Crippen LogP contribution in [-0.2, 0) is 19.8 Å². The van der Waals surface area contributed by atoms with Gasteiger partial charge in [0.25, 0.3) is 0 Å². The normalized spacial score (nSPS) is 13.7. The van der Waals surface area contributed by atoms with E-state index in [0.29, 0.717) is 25.7 Å². The second kappa shape index (κ2) is 10.2. The van der Waals surface area contributed by atoms with Crippen molar-refractivity contribution in [2.45, 2.75) is 66.6 Å². The van der Waals surface area contributed by atoms with Gasteiger partial charge in [0.15, 0.2) is 5.67 Å². The van der Waals surface area contributed by atoms with E-state index in [0.717, 1.165) is 13.0 Å². The highest BCUT2D eigenvalue weighted by Gasteiger charge is 2.52. The average molecular weight is 344 g/mol. The van der Waals surface area contributed by atoms with Crippen LogP contribution in [0.1, 0.15) is 60.0 Å². The summed E-state index contributed by atoms with van der Waals surface area (Å²) >= 11 is 0. The molecule has 1 unspecified atom stereocenters. The Kier molecular flexibility index (Phi) is 9.05. The molecule has 1 aromatic rings. The third kappa shape index (κ3) is 5.71. The third-order valence-corrected chi connectivity index (χ3v) is 7.46. The SMILES string of the molecule is CCO[Si](OCC)(OCC)C(CC)n1cc[n+](CCC(C)C)c1. The zero-order valence-corrected chi connectivity index (χ0v) is 16.7. The van der Waals surface area contributed by atoms with Crippen molar-refractivity contribution in [1.29, 1.82) is 0 Å². The molecule has 0 saturated carbocycles. The Hall–Kier alpha value is -0.693. The molecular formula is C17H35N2O3Si+. The molecule has 1 aromatic heterocycles. The van der Waals surface area contributed by atoms with Crippen molar-refractivity contribution in [2.75, 3.05) is 19.8 Å². The lowest BCUT2D eigenvalue weighted by Gasteiger charge is -2.32. The Bertz CT molecular complexity index is 420. The molecule has 134 valence electrons. The molecule has 0 N–H and O–H groups in total. The smallest absolute Gasteiger partial charge is 0.371 e. The highest BCUT2D eigenvalue weighted by atomic mass is 28.4. The minimum Gasteiger partial charge on any atom is -0.371 e. The standard InChI is InChI=1S/C17H35N2O3Si/c1-7-17(23(20-8-2,21-9-3)22-10-4)19-14-13-18(15-19)12-11-16(5)6/h13-17H,7-12H2,1-6H3/q+1. The van der Waals surface area contributed by atoms with Gasteiger partial charge in [-0.25, -0.2) is 9.13 Å². The fourth-order valence-electron chi connectivity index (χ4n) is 2.80. The third-order valence-electron chi connectivity index (χ3n) is 3.87. The van der Waals surface area contributed by atoms with E-state index in [-0.39, 0.29) is 5.67 Å². The molecule has 5 nitrogen and oxygen atoms in total. The Labute approximate surface area is 142 Å². The first kappa shape index (κ1) is 20.4. The summed E-state index contributed by atoms with van der Waals surface area (Å²) in [6.07, 6.45) is 8.51. The highest BCUT2D eigenvalue weighted by molar-refractivity contribution is 6.61. The van der Waals surface area contributed by atoms with Gasteiger partial charge in [-0.1, -0.05) is 20.8 Å². The lowest BCUT2D eigenvalue weighted by molar-refractivity contribution is -0.697. The lowest BCUT2D eigenvalue weighted by atomic mass is 10.1. The molecule has 0 saturated heterocycles. The van der Waals surface area contributed by atoms with Crippen molar-refractivity contribution in [3.8, 4) is 0 Å². The molecule has 0 fully saturated rings. The van der Waals surface area contributed by atoms with E-state index in [1.54, 1.807) is 0 Å². The average Bonchev–Trinajstić information content (AvgIpc) is 2.95. The summed E-state index contributed by atoms with van der Waals surface area (Å²) in [5.41, 5.74) is 0.114. The molecule has 1 atom stereocenters. The number of imidazole rings is 1. The van der Waals surface area contributed by atoms with Crippen molar-refractivity contribution in [1.82, 2.24) is 4.57 Å². The van der Waals surface area contributed by atoms with Crippen molar-refractivity contribution in [3.05, 3.63) is 18.7 Å². The van der Waals surface area contributed by atoms with E-state index < -0.39 is 8.80 Å². The van der Waals surface area contributed by atoms with Crippen LogP contribution < -0.4 is 4.57 Å². The quantitative estimate of drug-likeness (QED) is 0.431. The van der Waals surface area contributed by atoms with Crippen LogP contribution in [0.4, 0.5) is 0 Å². The number of hydrogen-bond acceptors (Lipinski definition) is 3. The molecule has 1 heterocycles. The minimum absolute atomic E-state index is 0.114. The minimum atomic E-state index is -2.75. The maximum atomic E-state index is 6.09. The first-order valence-corrected chi connectivity index (χ1v) is 10.8. The highest BCUT2D eigenvalue weighted by Crippen LogP contribution is 2.28. The first-order chi connectivity index (χ1) is 11.0. The first-order valence-electron chi connectivity index (χ1n) is 9.01. The molecule has 6 heteroatoms. The Morgan fingerprint density at radius 3 is 2.00 bits per heavy atom. The number of aryl methyl sites for hydroxylation is 1. The maximum absolute atomic E-state index is 6.09. The summed E-state index contributed by atoms with van der Waals surface area (Å²) in [4.78, 5) is 0. The van der Waals surface area contributed by atoms with Gasteiger partial charge in [0.1, 0.15) is 12.4 Å². The zero-order valence-electron chi connectivity index (χ0n) is 15.7. The van der Waals surface area contributed by atoms with Crippen LogP contribution in [0.2, 0.25) is 0 Å². The summed E-state index contributed by atoms with van der Waals surface area (Å²) in [6, 6.07) is 0. The number of rotatable bonds is 12. The van der Waals surface area contributed by atoms with Crippen LogP contribution in [0, 0.1) is 5.92 Å². The fraction of sp³-hybridized carbons (Fsp3) is 0.824. The van der Waals surface area contributed by atoms with Crippen LogP contribution in [0.5, 0.6) is 0 Å². The number of hydrogen-bond donors (Lipinski definition) is 0. The lowest BCUT2D eigenvalue weighted by Crippen LogP contribution is -2.53. The fourth-order valence-corrected chi connectivity index (χ4v) is 5.85. The molecule has 0 spiro atoms. The van der Waals surface area contributed by atoms with E-state index in [9.17, 15) is 0 Å². The molecule has 0 aromatic carbocycles. The van der Waals surface area contributed by atoms with Gasteiger partial charge in [-0.15, -0.1) is 0 Å². The van der Waals surface area contributed by atoms with Crippen molar-refractivity contribution >= 4 is 8.80 Å². The zero-order chi connectivity index (χ0) is 17.3. The molecule has 0 aliphatic heterocycles. The van der Waals surface area contributed by atoms with Gasteiger partial charge in [0, 0.05) is 19.8 Å². The maximum Gasteiger partial charge on any atom is 0.548 e. The van der Waals surface area contributed by atoms with Crippen LogP contribution in [-0.4, -0.2) is 33.2 Å². The molecule has 0 amide bonds. The molecule has 0 bridgehead atoms. The van der Waals surface area contributed by atoms with E-state index in [1.165, 1.54) is 6.42 Å². The molecule has 23 heavy (non-hydrogen) atoms. The van der Waals surface area contributed by atoms with Gasteiger partial charge in [-0.05, 0) is 39.5 Å². The molecular weight excluding hydrogens is 308 g/mol. The monoisotopic (exact) mass is 343 g/mol. The Morgan fingerprint density at radius 2 is 1.57 bits per heavy atom. The van der Waals surface area contributed by atoms with Gasteiger partial charge in [-0.3, -0.25) is 0 Å². The summed E-state index contributed by atoms with van der Waals surface area (Å²) in [5, 5.41) is 0. The van der Waals surface area contributed by atoms with E-state index in [4.69, 9.17) is 13.3 Å². The Balaban J connectivity index is 3.01. The molecule has 1 rings (SSSR count). The molecule has 0 radical (unpaired) electrons. The van der Waals surface area contributed by atoms with Crippen molar-refractivity contribution in [3.63, 3.8) is 0 Å². The number of nitrogens with zero attached hydrogens (tertiary/aromatic N) is 2. The summed E-state index contributed by atoms with van der Waals surface area (Å²) in [7, 11) is -2.75. The van der Waals surface area contributed by atoms with E-state index in [1.807, 2.05) is 20.8 Å². The topological polar surface area (TPSA) is 36.5 Å². The van der Waals surface area contributed by atoms with Gasteiger partial charge >= 0.3 is 8.80 Å². The van der Waals surface area contributed by atoms with Crippen LogP contribution in [0.25, 0.3) is 0 Å². The van der Waals surface area contributed by atoms with E-state index in [2.05, 4.69) is 48.6 Å². The van der Waals surface area contributed by atoms with Gasteiger partial charge < -0.3 is 13.3 Å². The van der Waals surface area contributed by atoms with Crippen LogP contribution in [0.15, 0.2) is 18.7 Å². The predicted octanol–water partition coefficient (Wildman–Crippen LogP) is 3.36. The van der Waals surface area contributed by atoms with Crippen molar-refractivity contribution in [2.24, 2.45) is 5.92 Å². The molecule has 0 aliphatic rings. The van der Waals surface area contributed by atoms with Crippen molar-refractivity contribution < 1.29 is 17.8 Å². The van der Waals surface area contributed by atoms with E-state index >= 15 is 0 Å².